The number of hydrogen-bond donors (Lipinski definition) is 2. The molecule has 1 aliphatic rings. The summed E-state index contributed by atoms with van der Waals surface area (Å²) >= 11 is 0. The predicted molar refractivity (Wildman–Crippen MR) is 96.7 cm³/mol. The Labute approximate surface area is 143 Å². The normalized spacial score (nSPS) is 19.4. The molecule has 1 saturated carbocycles. The van der Waals surface area contributed by atoms with E-state index in [2.05, 4.69) is 31.4 Å². The number of carbonyl (C=O) groups excluding carboxylic acids is 1. The van der Waals surface area contributed by atoms with Crippen LogP contribution in [-0.2, 0) is 4.74 Å². The smallest absolute Gasteiger partial charge is 0.407 e. The molecule has 0 aromatic carbocycles. The van der Waals surface area contributed by atoms with E-state index in [-0.39, 0.29) is 6.09 Å². The molecule has 136 valence electrons. The molecule has 23 heavy (non-hydrogen) atoms. The first-order chi connectivity index (χ1) is 10.7. The molecule has 1 rings (SSSR count). The molecule has 0 saturated heterocycles. The lowest BCUT2D eigenvalue weighted by molar-refractivity contribution is 0.0519. The fourth-order valence-corrected chi connectivity index (χ4v) is 3.44. The molecule has 1 amide bonds. The van der Waals surface area contributed by atoms with Gasteiger partial charge in [0, 0.05) is 18.6 Å². The summed E-state index contributed by atoms with van der Waals surface area (Å²) in [6.07, 6.45) is 7.53. The van der Waals surface area contributed by atoms with Crippen molar-refractivity contribution in [2.24, 2.45) is 11.8 Å². The number of alkyl carbamates (subject to hydrolysis) is 1. The van der Waals surface area contributed by atoms with Crippen molar-refractivity contribution in [3.63, 3.8) is 0 Å². The SMILES string of the molecule is CC(C)CC(CNC(=O)OC(C)(C)C)NC(C)C1CCCCC1. The molecule has 0 heterocycles. The average Bonchev–Trinajstić information content (AvgIpc) is 2.43. The third kappa shape index (κ3) is 9.19. The summed E-state index contributed by atoms with van der Waals surface area (Å²) in [5.41, 5.74) is -0.444. The van der Waals surface area contributed by atoms with Crippen LogP contribution >= 0.6 is 0 Å². The van der Waals surface area contributed by atoms with Gasteiger partial charge in [0.05, 0.1) is 0 Å². The molecule has 0 radical (unpaired) electrons. The summed E-state index contributed by atoms with van der Waals surface area (Å²) in [7, 11) is 0. The Bertz CT molecular complexity index is 344. The molecular weight excluding hydrogens is 288 g/mol. The third-order valence-electron chi connectivity index (χ3n) is 4.50. The van der Waals surface area contributed by atoms with Crippen molar-refractivity contribution in [3.05, 3.63) is 0 Å². The van der Waals surface area contributed by atoms with Crippen LogP contribution in [0.2, 0.25) is 0 Å². The Morgan fingerprint density at radius 1 is 1.13 bits per heavy atom. The number of amides is 1. The minimum atomic E-state index is -0.444. The second-order valence-electron chi connectivity index (χ2n) is 8.56. The van der Waals surface area contributed by atoms with Crippen molar-refractivity contribution in [2.45, 2.75) is 97.8 Å². The zero-order valence-corrected chi connectivity index (χ0v) is 16.1. The Kier molecular flexibility index (Phi) is 8.38. The molecule has 1 fully saturated rings. The Morgan fingerprint density at radius 2 is 1.74 bits per heavy atom. The Balaban J connectivity index is 2.46. The van der Waals surface area contributed by atoms with Crippen molar-refractivity contribution >= 4 is 6.09 Å². The van der Waals surface area contributed by atoms with Crippen LogP contribution in [0.3, 0.4) is 0 Å². The van der Waals surface area contributed by atoms with Crippen LogP contribution in [0.5, 0.6) is 0 Å². The minimum Gasteiger partial charge on any atom is -0.444 e. The molecule has 4 heteroatoms. The molecule has 2 N–H and O–H groups in total. The number of ether oxygens (including phenoxy) is 1. The van der Waals surface area contributed by atoms with Gasteiger partial charge in [0.15, 0.2) is 0 Å². The third-order valence-corrected chi connectivity index (χ3v) is 4.50. The zero-order valence-electron chi connectivity index (χ0n) is 16.1. The molecule has 1 aliphatic carbocycles. The van der Waals surface area contributed by atoms with E-state index < -0.39 is 5.60 Å². The van der Waals surface area contributed by atoms with Gasteiger partial charge < -0.3 is 15.4 Å². The topological polar surface area (TPSA) is 50.4 Å². The lowest BCUT2D eigenvalue weighted by Gasteiger charge is -2.32. The summed E-state index contributed by atoms with van der Waals surface area (Å²) in [4.78, 5) is 11.9. The molecule has 0 spiro atoms. The van der Waals surface area contributed by atoms with Gasteiger partial charge in [0.2, 0.25) is 0 Å². The van der Waals surface area contributed by atoms with Crippen molar-refractivity contribution < 1.29 is 9.53 Å². The first kappa shape index (κ1) is 20.3. The van der Waals surface area contributed by atoms with Gasteiger partial charge in [-0.2, -0.15) is 0 Å². The first-order valence-electron chi connectivity index (χ1n) is 9.40. The number of nitrogens with one attached hydrogen (secondary N) is 2. The second kappa shape index (κ2) is 9.51. The van der Waals surface area contributed by atoms with Gasteiger partial charge in [-0.3, -0.25) is 0 Å². The van der Waals surface area contributed by atoms with E-state index >= 15 is 0 Å². The molecule has 2 atom stereocenters. The van der Waals surface area contributed by atoms with Gasteiger partial charge in [0.25, 0.3) is 0 Å². The van der Waals surface area contributed by atoms with Gasteiger partial charge in [-0.25, -0.2) is 4.79 Å². The van der Waals surface area contributed by atoms with E-state index in [0.29, 0.717) is 24.5 Å². The molecule has 0 aliphatic heterocycles. The van der Waals surface area contributed by atoms with Gasteiger partial charge in [-0.15, -0.1) is 0 Å². The van der Waals surface area contributed by atoms with Crippen LogP contribution in [0.25, 0.3) is 0 Å². The maximum atomic E-state index is 11.9. The van der Waals surface area contributed by atoms with E-state index in [1.165, 1.54) is 32.1 Å². The van der Waals surface area contributed by atoms with Crippen molar-refractivity contribution in [1.82, 2.24) is 10.6 Å². The number of carbonyl (C=O) groups is 1. The quantitative estimate of drug-likeness (QED) is 0.725. The first-order valence-corrected chi connectivity index (χ1v) is 9.40. The van der Waals surface area contributed by atoms with Crippen LogP contribution in [0.4, 0.5) is 4.79 Å². The highest BCUT2D eigenvalue weighted by Gasteiger charge is 2.24. The van der Waals surface area contributed by atoms with Crippen LogP contribution in [-0.4, -0.2) is 30.3 Å². The lowest BCUT2D eigenvalue weighted by Crippen LogP contribution is -2.48. The fourth-order valence-electron chi connectivity index (χ4n) is 3.44. The minimum absolute atomic E-state index is 0.305. The highest BCUT2D eigenvalue weighted by molar-refractivity contribution is 5.67. The van der Waals surface area contributed by atoms with Crippen molar-refractivity contribution in [3.8, 4) is 0 Å². The Morgan fingerprint density at radius 3 is 2.26 bits per heavy atom. The van der Waals surface area contributed by atoms with Crippen LogP contribution in [0.15, 0.2) is 0 Å². The average molecular weight is 327 g/mol. The van der Waals surface area contributed by atoms with Crippen molar-refractivity contribution in [1.29, 1.82) is 0 Å². The van der Waals surface area contributed by atoms with E-state index in [0.717, 1.165) is 12.3 Å². The molecule has 4 nitrogen and oxygen atoms in total. The number of hydrogen-bond acceptors (Lipinski definition) is 3. The monoisotopic (exact) mass is 326 g/mol. The van der Waals surface area contributed by atoms with Crippen LogP contribution < -0.4 is 10.6 Å². The van der Waals surface area contributed by atoms with E-state index in [9.17, 15) is 4.79 Å². The molecule has 2 unspecified atom stereocenters. The van der Waals surface area contributed by atoms with E-state index in [1.807, 2.05) is 20.8 Å². The summed E-state index contributed by atoms with van der Waals surface area (Å²) in [6.45, 7) is 13.1. The summed E-state index contributed by atoms with van der Waals surface area (Å²) in [6, 6.07) is 0.818. The summed E-state index contributed by atoms with van der Waals surface area (Å²) in [5.74, 6) is 1.38. The second-order valence-corrected chi connectivity index (χ2v) is 8.56. The van der Waals surface area contributed by atoms with E-state index in [4.69, 9.17) is 4.74 Å². The summed E-state index contributed by atoms with van der Waals surface area (Å²) in [5, 5.41) is 6.70. The van der Waals surface area contributed by atoms with Gasteiger partial charge >= 0.3 is 6.09 Å². The van der Waals surface area contributed by atoms with Crippen LogP contribution in [0.1, 0.15) is 80.1 Å². The van der Waals surface area contributed by atoms with Crippen molar-refractivity contribution in [2.75, 3.05) is 6.54 Å². The maximum absolute atomic E-state index is 11.9. The largest absolute Gasteiger partial charge is 0.444 e. The highest BCUT2D eigenvalue weighted by atomic mass is 16.6. The number of rotatable bonds is 7. The standard InChI is InChI=1S/C19H38N2O2/c1-14(2)12-17(13-20-18(22)23-19(4,5)6)21-15(3)16-10-8-7-9-11-16/h14-17,21H,7-13H2,1-6H3,(H,20,22). The van der Waals surface area contributed by atoms with Gasteiger partial charge in [-0.05, 0) is 58.8 Å². The molecule has 0 aromatic rings. The molecule has 0 bridgehead atoms. The van der Waals surface area contributed by atoms with Gasteiger partial charge in [0.1, 0.15) is 5.60 Å². The molecular formula is C19H38N2O2. The lowest BCUT2D eigenvalue weighted by atomic mass is 9.84. The predicted octanol–water partition coefficient (Wildman–Crippen LogP) is 4.48. The molecule has 0 aromatic heterocycles. The highest BCUT2D eigenvalue weighted by Crippen LogP contribution is 2.26. The van der Waals surface area contributed by atoms with Gasteiger partial charge in [-0.1, -0.05) is 33.1 Å². The van der Waals surface area contributed by atoms with E-state index in [1.54, 1.807) is 0 Å². The zero-order chi connectivity index (χ0) is 17.5. The van der Waals surface area contributed by atoms with Crippen LogP contribution in [0, 0.1) is 11.8 Å². The Hall–Kier alpha value is -0.770. The maximum Gasteiger partial charge on any atom is 0.407 e. The fraction of sp³-hybridized carbons (Fsp3) is 0.947. The summed E-state index contributed by atoms with van der Waals surface area (Å²) < 4.78 is 5.34.